The van der Waals surface area contributed by atoms with Crippen LogP contribution in [-0.2, 0) is 4.79 Å². The lowest BCUT2D eigenvalue weighted by Crippen LogP contribution is -2.14. The Kier molecular flexibility index (Phi) is 3.61. The second-order valence-corrected chi connectivity index (χ2v) is 5.91. The summed E-state index contributed by atoms with van der Waals surface area (Å²) in [4.78, 5) is 16.5. The monoisotopic (exact) mass is 322 g/mol. The van der Waals surface area contributed by atoms with Crippen LogP contribution in [-0.4, -0.2) is 10.9 Å². The predicted molar refractivity (Wildman–Crippen MR) is 87.8 cm³/mol. The molecule has 2 aromatic carbocycles. The number of oxazole rings is 1. The Morgan fingerprint density at radius 2 is 2.08 bits per heavy atom. The van der Waals surface area contributed by atoms with E-state index in [0.29, 0.717) is 11.6 Å². The molecule has 1 aliphatic rings. The highest BCUT2D eigenvalue weighted by Crippen LogP contribution is 2.48. The van der Waals surface area contributed by atoms with E-state index < -0.39 is 0 Å². The first-order chi connectivity index (χ1) is 11.7. The second-order valence-electron chi connectivity index (χ2n) is 5.91. The molecule has 1 N–H and O–H groups in total. The molecule has 0 saturated heterocycles. The summed E-state index contributed by atoms with van der Waals surface area (Å²) in [5.41, 5.74) is 2.37. The quantitative estimate of drug-likeness (QED) is 0.782. The number of nitrogens with zero attached hydrogens (tertiary/aromatic N) is 1. The minimum absolute atomic E-state index is 0.0474. The highest BCUT2D eigenvalue weighted by Gasteiger charge is 2.44. The average Bonchev–Trinajstić information content (AvgIpc) is 3.21. The Labute approximate surface area is 138 Å². The Morgan fingerprint density at radius 3 is 2.88 bits per heavy atom. The summed E-state index contributed by atoms with van der Waals surface area (Å²) >= 11 is 0. The zero-order valence-electron chi connectivity index (χ0n) is 12.8. The Balaban J connectivity index is 1.45. The zero-order chi connectivity index (χ0) is 16.5. The number of aromatic nitrogens is 1. The number of anilines is 1. The van der Waals surface area contributed by atoms with E-state index in [0.717, 1.165) is 17.5 Å². The molecule has 1 heterocycles. The van der Waals surface area contributed by atoms with Crippen molar-refractivity contribution < 1.29 is 13.6 Å². The summed E-state index contributed by atoms with van der Waals surface area (Å²) in [6, 6.07) is 13.8. The molecule has 120 valence electrons. The van der Waals surface area contributed by atoms with Crippen molar-refractivity contribution >= 4 is 11.6 Å². The third-order valence-electron chi connectivity index (χ3n) is 4.21. The van der Waals surface area contributed by atoms with Gasteiger partial charge in [0.05, 0.1) is 6.20 Å². The largest absolute Gasteiger partial charge is 0.445 e. The number of benzene rings is 2. The van der Waals surface area contributed by atoms with Gasteiger partial charge in [-0.1, -0.05) is 18.2 Å². The first-order valence-electron chi connectivity index (χ1n) is 7.77. The van der Waals surface area contributed by atoms with Crippen LogP contribution in [0.5, 0.6) is 0 Å². The molecule has 0 bridgehead atoms. The number of hydrogen-bond acceptors (Lipinski definition) is 3. The van der Waals surface area contributed by atoms with Gasteiger partial charge in [0.2, 0.25) is 11.8 Å². The highest BCUT2D eigenvalue weighted by molar-refractivity contribution is 5.95. The lowest BCUT2D eigenvalue weighted by atomic mass is 10.1. The van der Waals surface area contributed by atoms with E-state index in [2.05, 4.69) is 10.3 Å². The minimum atomic E-state index is -0.266. The molecule has 1 fully saturated rings. The van der Waals surface area contributed by atoms with Gasteiger partial charge in [-0.2, -0.15) is 0 Å². The van der Waals surface area contributed by atoms with Crippen LogP contribution in [0.3, 0.4) is 0 Å². The molecule has 1 saturated carbocycles. The van der Waals surface area contributed by atoms with Crippen LogP contribution in [0.15, 0.2) is 65.4 Å². The summed E-state index contributed by atoms with van der Waals surface area (Å²) in [6.45, 7) is 0. The maximum atomic E-state index is 13.3. The third-order valence-corrected chi connectivity index (χ3v) is 4.21. The fourth-order valence-corrected chi connectivity index (χ4v) is 2.92. The topological polar surface area (TPSA) is 55.1 Å². The summed E-state index contributed by atoms with van der Waals surface area (Å²) in [6.07, 6.45) is 3.83. The number of rotatable bonds is 4. The van der Waals surface area contributed by atoms with Gasteiger partial charge in [-0.3, -0.25) is 4.79 Å². The van der Waals surface area contributed by atoms with Gasteiger partial charge in [0, 0.05) is 17.2 Å². The molecule has 4 rings (SSSR count). The van der Waals surface area contributed by atoms with Crippen molar-refractivity contribution in [1.82, 2.24) is 4.98 Å². The minimum Gasteiger partial charge on any atom is -0.445 e. The molecule has 0 radical (unpaired) electrons. The number of carbonyl (C=O) groups is 1. The van der Waals surface area contributed by atoms with E-state index in [1.807, 2.05) is 30.3 Å². The SMILES string of the molecule is O=C(Nc1cccc(-c2ncco2)c1)[C@H]1C[C@H]1c1cccc(F)c1. The van der Waals surface area contributed by atoms with E-state index >= 15 is 0 Å². The van der Waals surface area contributed by atoms with Crippen molar-refractivity contribution in [2.75, 3.05) is 5.32 Å². The van der Waals surface area contributed by atoms with Crippen molar-refractivity contribution in [3.63, 3.8) is 0 Å². The molecule has 0 aliphatic heterocycles. The lowest BCUT2D eigenvalue weighted by molar-refractivity contribution is -0.117. The molecule has 24 heavy (non-hydrogen) atoms. The van der Waals surface area contributed by atoms with Gasteiger partial charge in [-0.05, 0) is 48.2 Å². The lowest BCUT2D eigenvalue weighted by Gasteiger charge is -2.06. The van der Waals surface area contributed by atoms with Gasteiger partial charge >= 0.3 is 0 Å². The summed E-state index contributed by atoms with van der Waals surface area (Å²) in [5.74, 6) is 0.175. The van der Waals surface area contributed by atoms with Crippen molar-refractivity contribution in [1.29, 1.82) is 0 Å². The van der Waals surface area contributed by atoms with E-state index in [9.17, 15) is 9.18 Å². The van der Waals surface area contributed by atoms with Crippen molar-refractivity contribution in [2.45, 2.75) is 12.3 Å². The molecule has 4 nitrogen and oxygen atoms in total. The van der Waals surface area contributed by atoms with E-state index in [-0.39, 0.29) is 23.6 Å². The maximum Gasteiger partial charge on any atom is 0.228 e. The molecule has 5 heteroatoms. The summed E-state index contributed by atoms with van der Waals surface area (Å²) in [5, 5.41) is 2.92. The smallest absolute Gasteiger partial charge is 0.228 e. The highest BCUT2D eigenvalue weighted by atomic mass is 19.1. The van der Waals surface area contributed by atoms with Gasteiger partial charge in [-0.15, -0.1) is 0 Å². The predicted octanol–water partition coefficient (Wildman–Crippen LogP) is 4.22. The van der Waals surface area contributed by atoms with Gasteiger partial charge in [0.1, 0.15) is 12.1 Å². The van der Waals surface area contributed by atoms with Crippen LogP contribution in [0, 0.1) is 11.7 Å². The van der Waals surface area contributed by atoms with Crippen molar-refractivity contribution in [3.8, 4) is 11.5 Å². The number of halogens is 1. The first kappa shape index (κ1) is 14.6. The molecular weight excluding hydrogens is 307 g/mol. The van der Waals surface area contributed by atoms with Gasteiger partial charge in [-0.25, -0.2) is 9.37 Å². The summed E-state index contributed by atoms with van der Waals surface area (Å²) < 4.78 is 18.6. The third kappa shape index (κ3) is 2.93. The Morgan fingerprint density at radius 1 is 1.21 bits per heavy atom. The van der Waals surface area contributed by atoms with Gasteiger partial charge < -0.3 is 9.73 Å². The van der Waals surface area contributed by atoms with E-state index in [4.69, 9.17) is 4.42 Å². The molecule has 1 aliphatic carbocycles. The zero-order valence-corrected chi connectivity index (χ0v) is 12.8. The Bertz CT molecular complexity index is 877. The fraction of sp³-hybridized carbons (Fsp3) is 0.158. The van der Waals surface area contributed by atoms with Crippen LogP contribution < -0.4 is 5.32 Å². The van der Waals surface area contributed by atoms with Gasteiger partial charge in [0.25, 0.3) is 0 Å². The molecule has 1 amide bonds. The molecule has 3 aromatic rings. The maximum absolute atomic E-state index is 13.3. The molecule has 1 aromatic heterocycles. The van der Waals surface area contributed by atoms with Crippen LogP contribution in [0.4, 0.5) is 10.1 Å². The van der Waals surface area contributed by atoms with Crippen LogP contribution in [0.2, 0.25) is 0 Å². The van der Waals surface area contributed by atoms with Crippen LogP contribution in [0.1, 0.15) is 17.9 Å². The van der Waals surface area contributed by atoms with Crippen molar-refractivity contribution in [2.24, 2.45) is 5.92 Å². The molecular formula is C19H15FN2O2. The normalized spacial score (nSPS) is 19.0. The average molecular weight is 322 g/mol. The molecule has 0 spiro atoms. The fourth-order valence-electron chi connectivity index (χ4n) is 2.92. The number of carbonyl (C=O) groups excluding carboxylic acids is 1. The number of amides is 1. The first-order valence-corrected chi connectivity index (χ1v) is 7.77. The van der Waals surface area contributed by atoms with E-state index in [1.54, 1.807) is 12.3 Å². The molecule has 0 unspecified atom stereocenters. The molecule has 2 atom stereocenters. The summed E-state index contributed by atoms with van der Waals surface area (Å²) in [7, 11) is 0. The van der Waals surface area contributed by atoms with E-state index in [1.165, 1.54) is 18.4 Å². The number of hydrogen-bond donors (Lipinski definition) is 1. The standard InChI is InChI=1S/C19H15FN2O2/c20-14-5-1-3-12(9-14)16-11-17(16)18(23)22-15-6-2-4-13(10-15)19-21-7-8-24-19/h1-10,16-17H,11H2,(H,22,23)/t16-,17-/m0/s1. The second kappa shape index (κ2) is 5.92. The number of nitrogens with one attached hydrogen (secondary N) is 1. The van der Waals surface area contributed by atoms with Gasteiger partial charge in [0.15, 0.2) is 0 Å². The Hall–Kier alpha value is -2.95. The van der Waals surface area contributed by atoms with Crippen LogP contribution >= 0.6 is 0 Å². The van der Waals surface area contributed by atoms with Crippen LogP contribution in [0.25, 0.3) is 11.5 Å². The van der Waals surface area contributed by atoms with Crippen molar-refractivity contribution in [3.05, 3.63) is 72.4 Å².